The molecule has 1 aromatic carbocycles. The highest BCUT2D eigenvalue weighted by atomic mass is 16.5. The first-order valence-electron chi connectivity index (χ1n) is 8.14. The van der Waals surface area contributed by atoms with Gasteiger partial charge in [0.05, 0.1) is 13.2 Å². The fraction of sp³-hybridized carbons (Fsp3) is 0.500. The normalized spacial score (nSPS) is 18.8. The van der Waals surface area contributed by atoms with Crippen LogP contribution in [0.2, 0.25) is 0 Å². The molecule has 1 N–H and O–H groups in total. The predicted molar refractivity (Wildman–Crippen MR) is 92.7 cm³/mol. The summed E-state index contributed by atoms with van der Waals surface area (Å²) in [5, 5.41) is 4.61. The number of likely N-dealkylation sites (tertiary alicyclic amines) is 1. The first-order chi connectivity index (χ1) is 11.2. The molecule has 0 aliphatic carbocycles. The highest BCUT2D eigenvalue weighted by Crippen LogP contribution is 2.25. The highest BCUT2D eigenvalue weighted by Gasteiger charge is 2.24. The average molecular weight is 315 g/mol. The molecule has 0 amide bonds. The number of fused-ring (bicyclic) bond motifs is 1. The minimum Gasteiger partial charge on any atom is -0.459 e. The quantitative estimate of drug-likeness (QED) is 0.696. The van der Waals surface area contributed by atoms with Gasteiger partial charge in [-0.3, -0.25) is 4.99 Å². The zero-order valence-electron chi connectivity index (χ0n) is 14.1. The van der Waals surface area contributed by atoms with Gasteiger partial charge in [0.2, 0.25) is 0 Å². The molecule has 1 atom stereocenters. The van der Waals surface area contributed by atoms with Crippen LogP contribution in [0.25, 0.3) is 11.0 Å². The summed E-state index contributed by atoms with van der Waals surface area (Å²) in [4.78, 5) is 6.71. The maximum Gasteiger partial charge on any atom is 0.194 e. The Morgan fingerprint density at radius 2 is 2.26 bits per heavy atom. The van der Waals surface area contributed by atoms with Crippen molar-refractivity contribution in [3.8, 4) is 0 Å². The number of guanidine groups is 1. The van der Waals surface area contributed by atoms with Crippen LogP contribution in [0.15, 0.2) is 33.7 Å². The van der Waals surface area contributed by atoms with E-state index in [1.54, 1.807) is 7.11 Å². The highest BCUT2D eigenvalue weighted by molar-refractivity contribution is 5.83. The number of rotatable bonds is 4. The number of furan rings is 1. The van der Waals surface area contributed by atoms with Gasteiger partial charge in [0.15, 0.2) is 5.96 Å². The van der Waals surface area contributed by atoms with Crippen molar-refractivity contribution in [2.24, 2.45) is 10.9 Å². The van der Waals surface area contributed by atoms with Crippen molar-refractivity contribution >= 4 is 16.9 Å². The molecule has 124 valence electrons. The van der Waals surface area contributed by atoms with E-state index in [0.717, 1.165) is 43.4 Å². The van der Waals surface area contributed by atoms with E-state index in [1.807, 2.05) is 25.2 Å². The van der Waals surface area contributed by atoms with Gasteiger partial charge in [-0.25, -0.2) is 0 Å². The Morgan fingerprint density at radius 1 is 1.43 bits per heavy atom. The Hall–Kier alpha value is -2.01. The van der Waals surface area contributed by atoms with Crippen LogP contribution in [0.3, 0.4) is 0 Å². The molecule has 0 bridgehead atoms. The molecule has 5 nitrogen and oxygen atoms in total. The molecule has 0 spiro atoms. The lowest BCUT2D eigenvalue weighted by atomic mass is 10.1. The Labute approximate surface area is 137 Å². The summed E-state index contributed by atoms with van der Waals surface area (Å²) in [6.07, 6.45) is 1.15. The van der Waals surface area contributed by atoms with Crippen molar-refractivity contribution in [2.45, 2.75) is 19.9 Å². The molecule has 23 heavy (non-hydrogen) atoms. The van der Waals surface area contributed by atoms with E-state index in [-0.39, 0.29) is 0 Å². The van der Waals surface area contributed by atoms with Crippen LogP contribution in [0.1, 0.15) is 17.7 Å². The fourth-order valence-electron chi connectivity index (χ4n) is 3.28. The SMILES string of the molecule is CN=C(NCc1oc2ccccc2c1C)N1CCC(COC)C1. The van der Waals surface area contributed by atoms with Crippen LogP contribution in [-0.4, -0.2) is 44.7 Å². The van der Waals surface area contributed by atoms with E-state index in [0.29, 0.717) is 12.5 Å². The molecule has 3 rings (SSSR count). The molecule has 5 heteroatoms. The van der Waals surface area contributed by atoms with Gasteiger partial charge in [-0.15, -0.1) is 0 Å². The van der Waals surface area contributed by atoms with E-state index in [9.17, 15) is 0 Å². The van der Waals surface area contributed by atoms with Crippen molar-refractivity contribution in [3.05, 3.63) is 35.6 Å². The summed E-state index contributed by atoms with van der Waals surface area (Å²) in [5.74, 6) is 2.50. The molecule has 0 radical (unpaired) electrons. The molecule has 1 aromatic heterocycles. The van der Waals surface area contributed by atoms with Gasteiger partial charge in [0.1, 0.15) is 11.3 Å². The second-order valence-corrected chi connectivity index (χ2v) is 6.10. The third-order valence-corrected chi connectivity index (χ3v) is 4.55. The molecule has 1 aliphatic rings. The number of para-hydroxylation sites is 1. The Balaban J connectivity index is 1.65. The number of hydrogen-bond acceptors (Lipinski definition) is 3. The van der Waals surface area contributed by atoms with E-state index in [1.165, 1.54) is 10.9 Å². The maximum absolute atomic E-state index is 5.96. The van der Waals surface area contributed by atoms with Crippen LogP contribution in [0.4, 0.5) is 0 Å². The topological polar surface area (TPSA) is 50.0 Å². The molecule has 1 unspecified atom stereocenters. The third-order valence-electron chi connectivity index (χ3n) is 4.55. The lowest BCUT2D eigenvalue weighted by Crippen LogP contribution is -2.39. The molecule has 2 heterocycles. The summed E-state index contributed by atoms with van der Waals surface area (Å²) >= 11 is 0. The number of aryl methyl sites for hydroxylation is 1. The van der Waals surface area contributed by atoms with E-state index in [2.05, 4.69) is 28.2 Å². The van der Waals surface area contributed by atoms with Crippen LogP contribution >= 0.6 is 0 Å². The second-order valence-electron chi connectivity index (χ2n) is 6.10. The molecule has 0 saturated carbocycles. The minimum atomic E-state index is 0.589. The first kappa shape index (κ1) is 15.9. The van der Waals surface area contributed by atoms with Gasteiger partial charge in [0.25, 0.3) is 0 Å². The van der Waals surface area contributed by atoms with Gasteiger partial charge in [0, 0.05) is 44.1 Å². The first-order valence-corrected chi connectivity index (χ1v) is 8.14. The number of nitrogens with one attached hydrogen (secondary N) is 1. The predicted octanol–water partition coefficient (Wildman–Crippen LogP) is 2.78. The second kappa shape index (κ2) is 7.04. The number of nitrogens with zero attached hydrogens (tertiary/aromatic N) is 2. The van der Waals surface area contributed by atoms with Crippen molar-refractivity contribution in [1.82, 2.24) is 10.2 Å². The van der Waals surface area contributed by atoms with Crippen LogP contribution in [0, 0.1) is 12.8 Å². The van der Waals surface area contributed by atoms with Crippen LogP contribution in [0.5, 0.6) is 0 Å². The van der Waals surface area contributed by atoms with Gasteiger partial charge in [-0.2, -0.15) is 0 Å². The molecule has 1 fully saturated rings. The number of aliphatic imine (C=N–C) groups is 1. The van der Waals surface area contributed by atoms with Gasteiger partial charge in [-0.1, -0.05) is 18.2 Å². The Morgan fingerprint density at radius 3 is 3.00 bits per heavy atom. The number of ether oxygens (including phenoxy) is 1. The summed E-state index contributed by atoms with van der Waals surface area (Å²) in [5.41, 5.74) is 2.14. The van der Waals surface area contributed by atoms with E-state index in [4.69, 9.17) is 9.15 Å². The van der Waals surface area contributed by atoms with Gasteiger partial charge < -0.3 is 19.4 Å². The standard InChI is InChI=1S/C18H25N3O2/c1-13-15-6-4-5-7-16(15)23-17(13)10-20-18(19-2)21-9-8-14(11-21)12-22-3/h4-7,14H,8-12H2,1-3H3,(H,19,20). The average Bonchev–Trinajstić information content (AvgIpc) is 3.15. The monoisotopic (exact) mass is 315 g/mol. The number of benzene rings is 1. The molecule has 1 aliphatic heterocycles. The van der Waals surface area contributed by atoms with Gasteiger partial charge >= 0.3 is 0 Å². The number of methoxy groups -OCH3 is 1. The Bertz CT molecular complexity index is 693. The number of hydrogen-bond donors (Lipinski definition) is 1. The molecule has 2 aromatic rings. The summed E-state index contributed by atoms with van der Waals surface area (Å²) in [7, 11) is 3.59. The van der Waals surface area contributed by atoms with Crippen molar-refractivity contribution < 1.29 is 9.15 Å². The zero-order valence-corrected chi connectivity index (χ0v) is 14.1. The van der Waals surface area contributed by atoms with Crippen LogP contribution in [-0.2, 0) is 11.3 Å². The zero-order chi connectivity index (χ0) is 16.2. The maximum atomic E-state index is 5.96. The lowest BCUT2D eigenvalue weighted by Gasteiger charge is -2.21. The lowest BCUT2D eigenvalue weighted by molar-refractivity contribution is 0.157. The smallest absolute Gasteiger partial charge is 0.194 e. The van der Waals surface area contributed by atoms with Gasteiger partial charge in [-0.05, 0) is 19.4 Å². The molecular weight excluding hydrogens is 290 g/mol. The van der Waals surface area contributed by atoms with Crippen molar-refractivity contribution in [1.29, 1.82) is 0 Å². The summed E-state index contributed by atoms with van der Waals surface area (Å²) in [6, 6.07) is 8.15. The fourth-order valence-corrected chi connectivity index (χ4v) is 3.28. The van der Waals surface area contributed by atoms with E-state index < -0.39 is 0 Å². The molecular formula is C18H25N3O2. The summed E-state index contributed by atoms with van der Waals surface area (Å²) < 4.78 is 11.2. The third kappa shape index (κ3) is 3.34. The van der Waals surface area contributed by atoms with Crippen molar-refractivity contribution in [2.75, 3.05) is 33.9 Å². The summed E-state index contributed by atoms with van der Waals surface area (Å²) in [6.45, 7) is 5.59. The molecule has 1 saturated heterocycles. The van der Waals surface area contributed by atoms with E-state index >= 15 is 0 Å². The Kier molecular flexibility index (Phi) is 4.86. The minimum absolute atomic E-state index is 0.589. The largest absolute Gasteiger partial charge is 0.459 e. The van der Waals surface area contributed by atoms with Crippen LogP contribution < -0.4 is 5.32 Å². The van der Waals surface area contributed by atoms with Crippen molar-refractivity contribution in [3.63, 3.8) is 0 Å².